The molecule has 0 spiro atoms. The molecule has 172 valence electrons. The molecule has 0 radical (unpaired) electrons. The van der Waals surface area contributed by atoms with Crippen LogP contribution in [0.2, 0.25) is 0 Å². The fourth-order valence-electron chi connectivity index (χ4n) is 3.53. The topological polar surface area (TPSA) is 78.6 Å². The van der Waals surface area contributed by atoms with E-state index in [-0.39, 0.29) is 29.9 Å². The molecule has 0 saturated carbocycles. The Bertz CT molecular complexity index is 784. The first-order chi connectivity index (χ1) is 14.6. The van der Waals surface area contributed by atoms with Crippen molar-refractivity contribution in [2.75, 3.05) is 26.2 Å². The first kappa shape index (κ1) is 25.6. The maximum atomic E-state index is 5.30. The molecule has 1 saturated heterocycles. The number of hydrogen-bond acceptors (Lipinski definition) is 5. The van der Waals surface area contributed by atoms with Crippen LogP contribution >= 0.6 is 24.0 Å². The van der Waals surface area contributed by atoms with Crippen LogP contribution in [0.4, 0.5) is 0 Å². The van der Waals surface area contributed by atoms with Gasteiger partial charge in [-0.2, -0.15) is 4.98 Å². The van der Waals surface area contributed by atoms with Gasteiger partial charge in [-0.15, -0.1) is 24.0 Å². The van der Waals surface area contributed by atoms with E-state index in [0.29, 0.717) is 25.4 Å². The van der Waals surface area contributed by atoms with Gasteiger partial charge in [0.2, 0.25) is 5.89 Å². The summed E-state index contributed by atoms with van der Waals surface area (Å²) in [7, 11) is 0. The molecule has 7 nitrogen and oxygen atoms in total. The predicted molar refractivity (Wildman–Crippen MR) is 136 cm³/mol. The van der Waals surface area contributed by atoms with Gasteiger partial charge in [-0.1, -0.05) is 49.7 Å². The molecule has 8 heteroatoms. The number of benzene rings is 1. The van der Waals surface area contributed by atoms with Gasteiger partial charge in [-0.25, -0.2) is 4.99 Å². The zero-order valence-corrected chi connectivity index (χ0v) is 21.4. The second kappa shape index (κ2) is 13.7. The number of aliphatic imine (C=N–C) groups is 1. The molecule has 2 heterocycles. The van der Waals surface area contributed by atoms with E-state index in [1.807, 2.05) is 0 Å². The number of guanidine groups is 1. The first-order valence-corrected chi connectivity index (χ1v) is 11.3. The van der Waals surface area contributed by atoms with Crippen molar-refractivity contribution in [3.05, 3.63) is 47.1 Å². The van der Waals surface area contributed by atoms with Crippen LogP contribution in [0.25, 0.3) is 0 Å². The second-order valence-electron chi connectivity index (χ2n) is 8.23. The van der Waals surface area contributed by atoms with Crippen LogP contribution in [-0.2, 0) is 19.5 Å². The fraction of sp³-hybridized carbons (Fsp3) is 0.609. The number of halogens is 1. The normalized spacial score (nSPS) is 15.0. The highest BCUT2D eigenvalue weighted by Crippen LogP contribution is 2.14. The highest BCUT2D eigenvalue weighted by Gasteiger charge is 2.11. The summed E-state index contributed by atoms with van der Waals surface area (Å²) in [6.45, 7) is 11.9. The minimum Gasteiger partial charge on any atom is -0.357 e. The van der Waals surface area contributed by atoms with Crippen LogP contribution in [0.15, 0.2) is 33.8 Å². The molecule has 1 aliphatic heterocycles. The SMILES string of the molecule is CCNC(=NCc1ccc(CN2CCCCC2)cc1)NCCc1nc(C(C)C)no1.I. The molecule has 31 heavy (non-hydrogen) atoms. The molecular formula is C23H37IN6O. The van der Waals surface area contributed by atoms with Crippen LogP contribution < -0.4 is 10.6 Å². The Hall–Kier alpha value is -1.68. The molecule has 1 aromatic heterocycles. The van der Waals surface area contributed by atoms with E-state index in [1.165, 1.54) is 43.5 Å². The van der Waals surface area contributed by atoms with E-state index in [1.54, 1.807) is 0 Å². The van der Waals surface area contributed by atoms with E-state index < -0.39 is 0 Å². The van der Waals surface area contributed by atoms with Crippen LogP contribution in [0.1, 0.15) is 68.8 Å². The minimum atomic E-state index is 0. The zero-order chi connectivity index (χ0) is 21.2. The third kappa shape index (κ3) is 8.76. The summed E-state index contributed by atoms with van der Waals surface area (Å²) >= 11 is 0. The maximum Gasteiger partial charge on any atom is 0.228 e. The Balaban J connectivity index is 0.00000341. The van der Waals surface area contributed by atoms with Gasteiger partial charge in [0.1, 0.15) is 0 Å². The maximum absolute atomic E-state index is 5.30. The number of likely N-dealkylation sites (tertiary alicyclic amines) is 1. The predicted octanol–water partition coefficient (Wildman–Crippen LogP) is 4.09. The highest BCUT2D eigenvalue weighted by atomic mass is 127. The fourth-order valence-corrected chi connectivity index (χ4v) is 3.53. The van der Waals surface area contributed by atoms with Gasteiger partial charge in [0.05, 0.1) is 6.54 Å². The average molecular weight is 540 g/mol. The summed E-state index contributed by atoms with van der Waals surface area (Å²) in [6.07, 6.45) is 4.72. The molecule has 0 amide bonds. The Morgan fingerprint density at radius 1 is 1.10 bits per heavy atom. The molecule has 3 rings (SSSR count). The molecule has 2 aromatic rings. The standard InChI is InChI=1S/C23H36N6O.HI/c1-4-24-23(25-13-12-21-27-22(18(2)3)28-30-21)26-16-19-8-10-20(11-9-19)17-29-14-6-5-7-15-29;/h8-11,18H,4-7,12-17H2,1-3H3,(H2,24,25,26);1H. The molecule has 0 aliphatic carbocycles. The largest absolute Gasteiger partial charge is 0.357 e. The smallest absolute Gasteiger partial charge is 0.228 e. The quantitative estimate of drug-likeness (QED) is 0.284. The number of aromatic nitrogens is 2. The van der Waals surface area contributed by atoms with E-state index in [4.69, 9.17) is 9.52 Å². The summed E-state index contributed by atoms with van der Waals surface area (Å²) in [5, 5.41) is 10.6. The van der Waals surface area contributed by atoms with E-state index in [2.05, 4.69) is 70.7 Å². The second-order valence-corrected chi connectivity index (χ2v) is 8.23. The van der Waals surface area contributed by atoms with Gasteiger partial charge in [-0.05, 0) is 44.0 Å². The van der Waals surface area contributed by atoms with Gasteiger partial charge in [0, 0.05) is 32.0 Å². The molecule has 0 unspecified atom stereocenters. The third-order valence-corrected chi connectivity index (χ3v) is 5.27. The number of nitrogens with one attached hydrogen (secondary N) is 2. The third-order valence-electron chi connectivity index (χ3n) is 5.27. The molecular weight excluding hydrogens is 503 g/mol. The Morgan fingerprint density at radius 2 is 1.81 bits per heavy atom. The number of nitrogens with zero attached hydrogens (tertiary/aromatic N) is 4. The van der Waals surface area contributed by atoms with Crippen molar-refractivity contribution in [1.29, 1.82) is 0 Å². The van der Waals surface area contributed by atoms with Crippen molar-refractivity contribution in [2.45, 2.75) is 65.5 Å². The zero-order valence-electron chi connectivity index (χ0n) is 19.1. The molecule has 1 aromatic carbocycles. The molecule has 2 N–H and O–H groups in total. The summed E-state index contributed by atoms with van der Waals surface area (Å²) in [6, 6.07) is 8.86. The lowest BCUT2D eigenvalue weighted by molar-refractivity contribution is 0.221. The lowest BCUT2D eigenvalue weighted by atomic mass is 10.1. The summed E-state index contributed by atoms with van der Waals surface area (Å²) in [4.78, 5) is 11.7. The lowest BCUT2D eigenvalue weighted by Crippen LogP contribution is -2.38. The Kier molecular flexibility index (Phi) is 11.3. The van der Waals surface area contributed by atoms with Crippen molar-refractivity contribution in [2.24, 2.45) is 4.99 Å². The van der Waals surface area contributed by atoms with Crippen LogP contribution in [-0.4, -0.2) is 47.2 Å². The van der Waals surface area contributed by atoms with Gasteiger partial charge in [0.25, 0.3) is 0 Å². The first-order valence-electron chi connectivity index (χ1n) is 11.3. The Labute approximate surface area is 203 Å². The Morgan fingerprint density at radius 3 is 2.45 bits per heavy atom. The molecule has 1 aliphatic rings. The molecule has 0 bridgehead atoms. The van der Waals surface area contributed by atoms with Gasteiger partial charge in [-0.3, -0.25) is 4.90 Å². The lowest BCUT2D eigenvalue weighted by Gasteiger charge is -2.26. The van der Waals surface area contributed by atoms with Gasteiger partial charge >= 0.3 is 0 Å². The molecule has 1 fully saturated rings. The number of piperidine rings is 1. The van der Waals surface area contributed by atoms with Crippen LogP contribution in [0.3, 0.4) is 0 Å². The van der Waals surface area contributed by atoms with Crippen molar-refractivity contribution in [3.63, 3.8) is 0 Å². The van der Waals surface area contributed by atoms with E-state index in [0.717, 1.165) is 24.9 Å². The summed E-state index contributed by atoms with van der Waals surface area (Å²) < 4.78 is 5.30. The number of rotatable bonds is 9. The van der Waals surface area contributed by atoms with E-state index >= 15 is 0 Å². The summed E-state index contributed by atoms with van der Waals surface area (Å²) in [5.74, 6) is 2.50. The number of hydrogen-bond donors (Lipinski definition) is 2. The van der Waals surface area contributed by atoms with Crippen molar-refractivity contribution < 1.29 is 4.52 Å². The van der Waals surface area contributed by atoms with Crippen LogP contribution in [0, 0.1) is 0 Å². The average Bonchev–Trinajstić information content (AvgIpc) is 3.23. The van der Waals surface area contributed by atoms with Gasteiger partial charge in [0.15, 0.2) is 11.8 Å². The monoisotopic (exact) mass is 540 g/mol. The van der Waals surface area contributed by atoms with E-state index in [9.17, 15) is 0 Å². The van der Waals surface area contributed by atoms with Crippen molar-refractivity contribution >= 4 is 29.9 Å². The van der Waals surface area contributed by atoms with Crippen molar-refractivity contribution in [3.8, 4) is 0 Å². The minimum absolute atomic E-state index is 0. The van der Waals surface area contributed by atoms with Crippen LogP contribution in [0.5, 0.6) is 0 Å². The highest BCUT2D eigenvalue weighted by molar-refractivity contribution is 14.0. The summed E-state index contributed by atoms with van der Waals surface area (Å²) in [5.41, 5.74) is 2.60. The molecule has 0 atom stereocenters. The van der Waals surface area contributed by atoms with Gasteiger partial charge < -0.3 is 15.2 Å². The van der Waals surface area contributed by atoms with Crippen molar-refractivity contribution in [1.82, 2.24) is 25.7 Å².